The van der Waals surface area contributed by atoms with Gasteiger partial charge in [0, 0.05) is 6.08 Å². The highest BCUT2D eigenvalue weighted by atomic mass is 16.5. The van der Waals surface area contributed by atoms with Crippen molar-refractivity contribution in [3.8, 4) is 11.5 Å². The maximum atomic E-state index is 11.6. The van der Waals surface area contributed by atoms with Crippen molar-refractivity contribution in [3.63, 3.8) is 0 Å². The number of benzene rings is 2. The van der Waals surface area contributed by atoms with Crippen LogP contribution in [0.4, 0.5) is 0 Å². The molecule has 0 amide bonds. The van der Waals surface area contributed by atoms with Gasteiger partial charge in [0.1, 0.15) is 11.5 Å². The van der Waals surface area contributed by atoms with Gasteiger partial charge in [-0.05, 0) is 29.8 Å². The van der Waals surface area contributed by atoms with Gasteiger partial charge in [0.15, 0.2) is 0 Å². The minimum Gasteiger partial charge on any atom is -0.497 e. The average molecular weight is 280 g/mol. The summed E-state index contributed by atoms with van der Waals surface area (Å²) in [6, 6.07) is 16.7. The molecule has 0 radical (unpaired) electrons. The number of carbonyl (C=O) groups is 1. The largest absolute Gasteiger partial charge is 0.497 e. The third-order valence-corrected chi connectivity index (χ3v) is 2.71. The molecule has 0 saturated carbocycles. The van der Waals surface area contributed by atoms with Crippen LogP contribution in [0, 0.1) is 0 Å². The van der Waals surface area contributed by atoms with Crippen LogP contribution in [0.3, 0.4) is 0 Å². The smallest absolute Gasteiger partial charge is 0.336 e. The van der Waals surface area contributed by atoms with Crippen LogP contribution in [0.15, 0.2) is 72.8 Å². The van der Waals surface area contributed by atoms with E-state index in [-0.39, 0.29) is 0 Å². The van der Waals surface area contributed by atoms with Crippen LogP contribution < -0.4 is 9.47 Å². The van der Waals surface area contributed by atoms with Crippen molar-refractivity contribution in [2.45, 2.75) is 0 Å². The summed E-state index contributed by atoms with van der Waals surface area (Å²) in [7, 11) is 1.59. The number of allylic oxidation sites excluding steroid dienone is 2. The quantitative estimate of drug-likeness (QED) is 0.361. The zero-order chi connectivity index (χ0) is 14.9. The summed E-state index contributed by atoms with van der Waals surface area (Å²) >= 11 is 0. The van der Waals surface area contributed by atoms with Crippen LogP contribution >= 0.6 is 0 Å². The second-order valence-corrected chi connectivity index (χ2v) is 4.23. The minimum absolute atomic E-state index is 0.419. The molecule has 2 aromatic carbocycles. The Kier molecular flexibility index (Phi) is 5.35. The standard InChI is InChI=1S/C18H16O3/c1-20-16-11-13-17(14-12-16)21-18(19)10-6-5-9-15-7-3-2-4-8-15/h2-14H,1H3. The third-order valence-electron chi connectivity index (χ3n) is 2.71. The van der Waals surface area contributed by atoms with Crippen LogP contribution in [-0.4, -0.2) is 13.1 Å². The molecule has 0 N–H and O–H groups in total. The Hall–Kier alpha value is -2.81. The summed E-state index contributed by atoms with van der Waals surface area (Å²) in [5, 5.41) is 0. The Morgan fingerprint density at radius 1 is 0.905 bits per heavy atom. The molecule has 0 aliphatic carbocycles. The van der Waals surface area contributed by atoms with Crippen molar-refractivity contribution >= 4 is 12.0 Å². The summed E-state index contributed by atoms with van der Waals surface area (Å²) in [5.74, 6) is 0.784. The Balaban J connectivity index is 1.86. The molecule has 0 atom stereocenters. The second-order valence-electron chi connectivity index (χ2n) is 4.23. The van der Waals surface area contributed by atoms with E-state index in [9.17, 15) is 4.79 Å². The molecule has 0 spiro atoms. The number of methoxy groups -OCH3 is 1. The highest BCUT2D eigenvalue weighted by Gasteiger charge is 1.99. The summed E-state index contributed by atoms with van der Waals surface area (Å²) in [4.78, 5) is 11.6. The number of esters is 1. The van der Waals surface area contributed by atoms with Crippen molar-refractivity contribution in [2.24, 2.45) is 0 Å². The first-order valence-electron chi connectivity index (χ1n) is 6.53. The van der Waals surface area contributed by atoms with Crippen LogP contribution in [0.25, 0.3) is 6.08 Å². The lowest BCUT2D eigenvalue weighted by molar-refractivity contribution is -0.128. The maximum Gasteiger partial charge on any atom is 0.336 e. The van der Waals surface area contributed by atoms with E-state index < -0.39 is 5.97 Å². The van der Waals surface area contributed by atoms with Gasteiger partial charge >= 0.3 is 5.97 Å². The molecule has 0 aliphatic rings. The molecule has 0 aliphatic heterocycles. The molecule has 2 rings (SSSR count). The molecule has 0 aromatic heterocycles. The minimum atomic E-state index is -0.419. The second kappa shape index (κ2) is 7.70. The van der Waals surface area contributed by atoms with Gasteiger partial charge in [0.2, 0.25) is 0 Å². The summed E-state index contributed by atoms with van der Waals surface area (Å²) in [6.07, 6.45) is 6.74. The van der Waals surface area contributed by atoms with Gasteiger partial charge in [-0.15, -0.1) is 0 Å². The number of hydrogen-bond donors (Lipinski definition) is 0. The predicted octanol–water partition coefficient (Wildman–Crippen LogP) is 3.87. The number of ether oxygens (including phenoxy) is 2. The Bertz CT molecular complexity index is 625. The van der Waals surface area contributed by atoms with E-state index in [1.54, 1.807) is 43.5 Å². The fraction of sp³-hybridized carbons (Fsp3) is 0.0556. The summed E-state index contributed by atoms with van der Waals surface area (Å²) in [5.41, 5.74) is 1.07. The Morgan fingerprint density at radius 3 is 2.24 bits per heavy atom. The van der Waals surface area contributed by atoms with Crippen LogP contribution in [0.2, 0.25) is 0 Å². The lowest BCUT2D eigenvalue weighted by atomic mass is 10.2. The fourth-order valence-electron chi connectivity index (χ4n) is 1.66. The first-order valence-corrected chi connectivity index (χ1v) is 6.53. The third kappa shape index (κ3) is 4.99. The molecule has 106 valence electrons. The van der Waals surface area contributed by atoms with Crippen molar-refractivity contribution in [1.29, 1.82) is 0 Å². The monoisotopic (exact) mass is 280 g/mol. The SMILES string of the molecule is COc1ccc(OC(=O)C=CC=Cc2ccccc2)cc1. The molecule has 0 bridgehead atoms. The van der Waals surface area contributed by atoms with E-state index in [1.807, 2.05) is 36.4 Å². The molecular weight excluding hydrogens is 264 g/mol. The van der Waals surface area contributed by atoms with Gasteiger partial charge in [-0.1, -0.05) is 48.6 Å². The van der Waals surface area contributed by atoms with Crippen LogP contribution in [0.5, 0.6) is 11.5 Å². The van der Waals surface area contributed by atoms with Gasteiger partial charge in [-0.3, -0.25) is 0 Å². The van der Waals surface area contributed by atoms with Gasteiger partial charge in [-0.2, -0.15) is 0 Å². The normalized spacial score (nSPS) is 10.9. The number of carbonyl (C=O) groups excluding carboxylic acids is 1. The first kappa shape index (κ1) is 14.6. The highest BCUT2D eigenvalue weighted by Crippen LogP contribution is 2.17. The fourth-order valence-corrected chi connectivity index (χ4v) is 1.66. The lowest BCUT2D eigenvalue weighted by Gasteiger charge is -2.02. The van der Waals surface area contributed by atoms with Crippen molar-refractivity contribution < 1.29 is 14.3 Å². The van der Waals surface area contributed by atoms with E-state index >= 15 is 0 Å². The average Bonchev–Trinajstić information content (AvgIpc) is 2.53. The highest BCUT2D eigenvalue weighted by molar-refractivity contribution is 5.84. The van der Waals surface area contributed by atoms with Gasteiger partial charge < -0.3 is 9.47 Å². The topological polar surface area (TPSA) is 35.5 Å². The van der Waals surface area contributed by atoms with Crippen molar-refractivity contribution in [1.82, 2.24) is 0 Å². The zero-order valence-corrected chi connectivity index (χ0v) is 11.7. The molecule has 0 fully saturated rings. The zero-order valence-electron chi connectivity index (χ0n) is 11.7. The van der Waals surface area contributed by atoms with Gasteiger partial charge in [0.25, 0.3) is 0 Å². The van der Waals surface area contributed by atoms with Gasteiger partial charge in [-0.25, -0.2) is 4.79 Å². The van der Waals surface area contributed by atoms with E-state index in [1.165, 1.54) is 6.08 Å². The first-order chi connectivity index (χ1) is 10.3. The molecule has 3 heteroatoms. The molecule has 0 heterocycles. The van der Waals surface area contributed by atoms with E-state index in [0.717, 1.165) is 11.3 Å². The Morgan fingerprint density at radius 2 is 1.57 bits per heavy atom. The van der Waals surface area contributed by atoms with E-state index in [2.05, 4.69) is 0 Å². The van der Waals surface area contributed by atoms with Crippen molar-refractivity contribution in [2.75, 3.05) is 7.11 Å². The maximum absolute atomic E-state index is 11.6. The molecule has 3 nitrogen and oxygen atoms in total. The van der Waals surface area contributed by atoms with Crippen LogP contribution in [-0.2, 0) is 4.79 Å². The lowest BCUT2D eigenvalue weighted by Crippen LogP contribution is -2.03. The molecule has 0 saturated heterocycles. The van der Waals surface area contributed by atoms with E-state index in [4.69, 9.17) is 9.47 Å². The molecule has 0 unspecified atom stereocenters. The number of hydrogen-bond acceptors (Lipinski definition) is 3. The number of rotatable bonds is 5. The van der Waals surface area contributed by atoms with Gasteiger partial charge in [0.05, 0.1) is 7.11 Å². The van der Waals surface area contributed by atoms with Crippen molar-refractivity contribution in [3.05, 3.63) is 78.4 Å². The predicted molar refractivity (Wildman–Crippen MR) is 83.2 cm³/mol. The van der Waals surface area contributed by atoms with Crippen LogP contribution in [0.1, 0.15) is 5.56 Å². The molecular formula is C18H16O3. The summed E-state index contributed by atoms with van der Waals surface area (Å²) < 4.78 is 10.2. The van der Waals surface area contributed by atoms with E-state index in [0.29, 0.717) is 5.75 Å². The summed E-state index contributed by atoms with van der Waals surface area (Å²) in [6.45, 7) is 0. The molecule has 2 aromatic rings. The molecule has 21 heavy (non-hydrogen) atoms. The Labute approximate surface area is 124 Å².